The third kappa shape index (κ3) is 3.28. The van der Waals surface area contributed by atoms with E-state index >= 15 is 0 Å². The number of aromatic carboxylic acids is 1. The lowest BCUT2D eigenvalue weighted by Crippen LogP contribution is -2.43. The molecule has 19 heavy (non-hydrogen) atoms. The summed E-state index contributed by atoms with van der Waals surface area (Å²) in [4.78, 5) is 22.6. The fraction of sp³-hybridized carbons (Fsp3) is 0.583. The van der Waals surface area contributed by atoms with Gasteiger partial charge in [-0.2, -0.15) is 11.8 Å². The molecule has 0 radical (unpaired) electrons. The van der Waals surface area contributed by atoms with E-state index in [2.05, 4.69) is 15.0 Å². The first-order valence-corrected chi connectivity index (χ1v) is 7.44. The maximum atomic E-state index is 12.0. The molecule has 2 atom stereocenters. The highest BCUT2D eigenvalue weighted by molar-refractivity contribution is 7.99. The molecule has 0 saturated heterocycles. The van der Waals surface area contributed by atoms with Crippen LogP contribution in [0.15, 0.2) is 10.6 Å². The molecule has 2 N–H and O–H groups in total. The van der Waals surface area contributed by atoms with Crippen molar-refractivity contribution in [3.8, 4) is 0 Å². The molecule has 1 aliphatic carbocycles. The van der Waals surface area contributed by atoms with E-state index in [4.69, 9.17) is 5.11 Å². The first-order chi connectivity index (χ1) is 9.11. The quantitative estimate of drug-likeness (QED) is 0.875. The highest BCUT2D eigenvalue weighted by Gasteiger charge is 2.27. The van der Waals surface area contributed by atoms with Crippen LogP contribution in [0.1, 0.15) is 46.7 Å². The van der Waals surface area contributed by atoms with Gasteiger partial charge in [-0.15, -0.1) is 0 Å². The summed E-state index contributed by atoms with van der Waals surface area (Å²) >= 11 is 1.75. The average Bonchev–Trinajstić information content (AvgIpc) is 2.89. The molecule has 0 spiro atoms. The molecule has 1 aromatic rings. The molecule has 1 aromatic heterocycles. The zero-order valence-electron chi connectivity index (χ0n) is 10.6. The van der Waals surface area contributed by atoms with Gasteiger partial charge in [-0.05, 0) is 19.1 Å². The molecule has 1 amide bonds. The number of carboxylic acid groups (broad SMARTS) is 1. The Morgan fingerprint density at radius 1 is 1.47 bits per heavy atom. The molecule has 1 aliphatic rings. The topological polar surface area (TPSA) is 92.4 Å². The van der Waals surface area contributed by atoms with E-state index < -0.39 is 5.97 Å². The van der Waals surface area contributed by atoms with Gasteiger partial charge in [-0.3, -0.25) is 4.79 Å². The molecular formula is C12H16N2O4S. The Morgan fingerprint density at radius 2 is 2.21 bits per heavy atom. The zero-order chi connectivity index (χ0) is 13.8. The normalized spacial score (nSPS) is 23.0. The number of carbonyl (C=O) groups is 2. The first-order valence-electron chi connectivity index (χ1n) is 6.15. The van der Waals surface area contributed by atoms with Gasteiger partial charge >= 0.3 is 5.97 Å². The Bertz CT molecular complexity index is 474. The fourth-order valence-corrected chi connectivity index (χ4v) is 3.20. The highest BCUT2D eigenvalue weighted by Crippen LogP contribution is 2.27. The number of nitrogens with zero attached hydrogens (tertiary/aromatic N) is 1. The minimum absolute atomic E-state index is 0.0165. The third-order valence-corrected chi connectivity index (χ3v) is 4.45. The van der Waals surface area contributed by atoms with Crippen molar-refractivity contribution in [3.05, 3.63) is 17.5 Å². The van der Waals surface area contributed by atoms with E-state index in [1.807, 2.05) is 6.26 Å². The lowest BCUT2D eigenvalue weighted by Gasteiger charge is -2.30. The van der Waals surface area contributed by atoms with Crippen LogP contribution >= 0.6 is 11.8 Å². The van der Waals surface area contributed by atoms with Crippen LogP contribution < -0.4 is 5.32 Å². The Hall–Kier alpha value is -1.50. The smallest absolute Gasteiger partial charge is 0.374 e. The van der Waals surface area contributed by atoms with E-state index in [1.165, 1.54) is 6.42 Å². The number of rotatable bonds is 4. The van der Waals surface area contributed by atoms with Crippen LogP contribution in [0.5, 0.6) is 0 Å². The molecule has 1 heterocycles. The number of hydrogen-bond donors (Lipinski definition) is 2. The maximum absolute atomic E-state index is 12.0. The van der Waals surface area contributed by atoms with Crippen molar-refractivity contribution in [1.29, 1.82) is 0 Å². The van der Waals surface area contributed by atoms with Crippen LogP contribution in [-0.4, -0.2) is 39.7 Å². The molecule has 104 valence electrons. The number of carbonyl (C=O) groups excluding carboxylic acids is 1. The molecule has 0 aromatic carbocycles. The largest absolute Gasteiger partial charge is 0.475 e. The number of amides is 1. The molecule has 2 rings (SSSR count). The van der Waals surface area contributed by atoms with Crippen LogP contribution in [0.4, 0.5) is 0 Å². The van der Waals surface area contributed by atoms with Crippen molar-refractivity contribution in [3.63, 3.8) is 0 Å². The number of thioether (sulfide) groups is 1. The Morgan fingerprint density at radius 3 is 2.84 bits per heavy atom. The highest BCUT2D eigenvalue weighted by atomic mass is 32.2. The summed E-state index contributed by atoms with van der Waals surface area (Å²) in [5, 5.41) is 15.5. The summed E-state index contributed by atoms with van der Waals surface area (Å²) in [6.07, 6.45) is 6.35. The number of aromatic nitrogens is 1. The second-order valence-electron chi connectivity index (χ2n) is 4.52. The molecule has 1 fully saturated rings. The van der Waals surface area contributed by atoms with Gasteiger partial charge in [0.2, 0.25) is 5.76 Å². The van der Waals surface area contributed by atoms with Crippen LogP contribution in [0.3, 0.4) is 0 Å². The molecule has 0 bridgehead atoms. The lowest BCUT2D eigenvalue weighted by molar-refractivity contribution is 0.0651. The average molecular weight is 284 g/mol. The number of nitrogens with one attached hydrogen (secondary N) is 1. The van der Waals surface area contributed by atoms with Crippen LogP contribution in [-0.2, 0) is 0 Å². The van der Waals surface area contributed by atoms with Crippen LogP contribution in [0.25, 0.3) is 0 Å². The van der Waals surface area contributed by atoms with Gasteiger partial charge < -0.3 is 14.9 Å². The second kappa shape index (κ2) is 6.10. The van der Waals surface area contributed by atoms with Gasteiger partial charge in [0.05, 0.1) is 0 Å². The summed E-state index contributed by atoms with van der Waals surface area (Å²) in [6, 6.07) is 1.26. The van der Waals surface area contributed by atoms with Crippen LogP contribution in [0, 0.1) is 0 Å². The molecule has 0 aliphatic heterocycles. The maximum Gasteiger partial charge on any atom is 0.374 e. The molecule has 1 saturated carbocycles. The van der Waals surface area contributed by atoms with Crippen molar-refractivity contribution < 1.29 is 19.2 Å². The predicted molar refractivity (Wildman–Crippen MR) is 70.5 cm³/mol. The van der Waals surface area contributed by atoms with Gasteiger partial charge in [-0.25, -0.2) is 4.79 Å². The van der Waals surface area contributed by atoms with E-state index in [9.17, 15) is 9.59 Å². The first kappa shape index (κ1) is 13.9. The lowest BCUT2D eigenvalue weighted by atomic mass is 9.95. The molecular weight excluding hydrogens is 268 g/mol. The van der Waals surface area contributed by atoms with E-state index in [0.717, 1.165) is 25.3 Å². The van der Waals surface area contributed by atoms with Gasteiger partial charge in [0.1, 0.15) is 0 Å². The van der Waals surface area contributed by atoms with E-state index in [1.54, 1.807) is 11.8 Å². The predicted octanol–water partition coefficient (Wildman–Crippen LogP) is 1.78. The number of hydrogen-bond acceptors (Lipinski definition) is 5. The zero-order valence-corrected chi connectivity index (χ0v) is 11.4. The third-order valence-electron chi connectivity index (χ3n) is 3.28. The van der Waals surface area contributed by atoms with Crippen molar-refractivity contribution >= 4 is 23.6 Å². The fourth-order valence-electron chi connectivity index (χ4n) is 2.27. The summed E-state index contributed by atoms with van der Waals surface area (Å²) < 4.78 is 4.57. The van der Waals surface area contributed by atoms with Gasteiger partial charge in [0.15, 0.2) is 5.69 Å². The SMILES string of the molecule is CSC1CCCCC1NC(=O)c1cc(C(=O)O)on1. The summed E-state index contributed by atoms with van der Waals surface area (Å²) in [5.74, 6) is -1.93. The van der Waals surface area contributed by atoms with Crippen molar-refractivity contribution in [2.45, 2.75) is 37.0 Å². The number of carboxylic acids is 1. The summed E-state index contributed by atoms with van der Waals surface area (Å²) in [5.41, 5.74) is 0.0165. The summed E-state index contributed by atoms with van der Waals surface area (Å²) in [6.45, 7) is 0. The molecule has 6 nitrogen and oxygen atoms in total. The van der Waals surface area contributed by atoms with Crippen molar-refractivity contribution in [2.75, 3.05) is 6.26 Å². The van der Waals surface area contributed by atoms with Gasteiger partial charge in [-0.1, -0.05) is 18.0 Å². The molecule has 7 heteroatoms. The second-order valence-corrected chi connectivity index (χ2v) is 5.60. The van der Waals surface area contributed by atoms with Gasteiger partial charge in [0, 0.05) is 17.4 Å². The Kier molecular flexibility index (Phi) is 4.47. The standard InChI is InChI=1S/C12H16N2O4S/c1-19-10-5-3-2-4-7(10)13-11(15)8-6-9(12(16)17)18-14-8/h6-7,10H,2-5H2,1H3,(H,13,15)(H,16,17). The monoisotopic (exact) mass is 284 g/mol. The van der Waals surface area contributed by atoms with Crippen molar-refractivity contribution in [2.24, 2.45) is 0 Å². The minimum Gasteiger partial charge on any atom is -0.475 e. The van der Waals surface area contributed by atoms with Crippen LogP contribution in [0.2, 0.25) is 0 Å². The van der Waals surface area contributed by atoms with E-state index in [0.29, 0.717) is 5.25 Å². The Balaban J connectivity index is 2.01. The summed E-state index contributed by atoms with van der Waals surface area (Å²) in [7, 11) is 0. The Labute approximate surface area is 114 Å². The van der Waals surface area contributed by atoms with E-state index in [-0.39, 0.29) is 23.4 Å². The van der Waals surface area contributed by atoms with Crippen molar-refractivity contribution in [1.82, 2.24) is 10.5 Å². The minimum atomic E-state index is -1.23. The van der Waals surface area contributed by atoms with Gasteiger partial charge in [0.25, 0.3) is 5.91 Å². The molecule has 2 unspecified atom stereocenters.